The summed E-state index contributed by atoms with van der Waals surface area (Å²) in [6.07, 6.45) is 0. The summed E-state index contributed by atoms with van der Waals surface area (Å²) in [6.45, 7) is 3.33. The maximum absolute atomic E-state index is 14.0. The van der Waals surface area contributed by atoms with Gasteiger partial charge in [-0.15, -0.1) is 0 Å². The number of anilines is 5. The Labute approximate surface area is 156 Å². The second-order valence-corrected chi connectivity index (χ2v) is 6.12. The fraction of sp³-hybridized carbons (Fsp3) is 0.211. The molecular formula is C19H20FN7. The highest BCUT2D eigenvalue weighted by Crippen LogP contribution is 2.22. The van der Waals surface area contributed by atoms with Gasteiger partial charge in [-0.3, -0.25) is 0 Å². The van der Waals surface area contributed by atoms with Crippen LogP contribution in [0.15, 0.2) is 54.6 Å². The first-order valence-electron chi connectivity index (χ1n) is 8.83. The Balaban J connectivity index is 1.66. The van der Waals surface area contributed by atoms with Gasteiger partial charge in [0, 0.05) is 31.9 Å². The second kappa shape index (κ2) is 7.96. The molecule has 0 unspecified atom stereocenters. The molecule has 0 amide bonds. The predicted octanol–water partition coefficient (Wildman–Crippen LogP) is 2.91. The van der Waals surface area contributed by atoms with Gasteiger partial charge < -0.3 is 20.9 Å². The molecule has 1 aromatic heterocycles. The average Bonchev–Trinajstić information content (AvgIpc) is 2.71. The van der Waals surface area contributed by atoms with Crippen molar-refractivity contribution in [2.75, 3.05) is 41.7 Å². The third kappa shape index (κ3) is 4.29. The van der Waals surface area contributed by atoms with Crippen molar-refractivity contribution in [1.29, 1.82) is 0 Å². The van der Waals surface area contributed by atoms with Gasteiger partial charge in [0.15, 0.2) is 0 Å². The van der Waals surface area contributed by atoms with Crippen molar-refractivity contribution in [2.45, 2.75) is 0 Å². The van der Waals surface area contributed by atoms with Crippen LogP contribution in [0, 0.1) is 5.82 Å². The summed E-state index contributed by atoms with van der Waals surface area (Å²) in [5, 5.41) is 9.45. The average molecular weight is 365 g/mol. The molecule has 0 saturated carbocycles. The molecule has 1 aliphatic rings. The molecule has 1 aliphatic heterocycles. The Morgan fingerprint density at radius 3 is 2.22 bits per heavy atom. The quantitative estimate of drug-likeness (QED) is 0.642. The van der Waals surface area contributed by atoms with Crippen molar-refractivity contribution >= 4 is 29.2 Å². The van der Waals surface area contributed by atoms with Gasteiger partial charge in [-0.05, 0) is 24.3 Å². The number of benzene rings is 2. The molecule has 3 N–H and O–H groups in total. The summed E-state index contributed by atoms with van der Waals surface area (Å²) in [6, 6.07) is 16.1. The third-order valence-electron chi connectivity index (χ3n) is 4.17. The summed E-state index contributed by atoms with van der Waals surface area (Å²) >= 11 is 0. The Morgan fingerprint density at radius 1 is 0.815 bits per heavy atom. The summed E-state index contributed by atoms with van der Waals surface area (Å²) in [5.74, 6) is 0.897. The smallest absolute Gasteiger partial charge is 0.233 e. The Kier molecular flexibility index (Phi) is 5.06. The highest BCUT2D eigenvalue weighted by Gasteiger charge is 2.16. The highest BCUT2D eigenvalue weighted by molar-refractivity contribution is 5.59. The van der Waals surface area contributed by atoms with Crippen molar-refractivity contribution in [3.8, 4) is 0 Å². The van der Waals surface area contributed by atoms with Crippen LogP contribution in [0.2, 0.25) is 0 Å². The minimum absolute atomic E-state index is 0.294. The van der Waals surface area contributed by atoms with Gasteiger partial charge in [0.2, 0.25) is 17.8 Å². The maximum Gasteiger partial charge on any atom is 0.233 e. The molecule has 27 heavy (non-hydrogen) atoms. The number of nitrogens with zero attached hydrogens (tertiary/aromatic N) is 4. The lowest BCUT2D eigenvalue weighted by atomic mass is 10.3. The van der Waals surface area contributed by atoms with Gasteiger partial charge in [-0.2, -0.15) is 15.0 Å². The lowest BCUT2D eigenvalue weighted by Crippen LogP contribution is -2.44. The molecule has 4 rings (SSSR count). The number of aromatic nitrogens is 3. The summed E-state index contributed by atoms with van der Waals surface area (Å²) in [4.78, 5) is 15.5. The van der Waals surface area contributed by atoms with E-state index < -0.39 is 0 Å². The van der Waals surface area contributed by atoms with Crippen molar-refractivity contribution < 1.29 is 4.39 Å². The summed E-state index contributed by atoms with van der Waals surface area (Å²) in [5.41, 5.74) is 1.19. The molecule has 2 aromatic carbocycles. The molecule has 138 valence electrons. The van der Waals surface area contributed by atoms with Gasteiger partial charge in [0.1, 0.15) is 5.82 Å². The van der Waals surface area contributed by atoms with E-state index in [4.69, 9.17) is 0 Å². The third-order valence-corrected chi connectivity index (χ3v) is 4.17. The van der Waals surface area contributed by atoms with E-state index in [1.54, 1.807) is 18.2 Å². The summed E-state index contributed by atoms with van der Waals surface area (Å²) < 4.78 is 14.0. The molecule has 1 saturated heterocycles. The normalized spacial score (nSPS) is 14.0. The first-order chi connectivity index (χ1) is 13.3. The van der Waals surface area contributed by atoms with E-state index in [-0.39, 0.29) is 5.82 Å². The topological polar surface area (TPSA) is 78.0 Å². The van der Waals surface area contributed by atoms with Crippen LogP contribution < -0.4 is 20.9 Å². The molecule has 7 nitrogen and oxygen atoms in total. The Bertz CT molecular complexity index is 898. The van der Waals surface area contributed by atoms with E-state index >= 15 is 0 Å². The lowest BCUT2D eigenvalue weighted by Gasteiger charge is -2.27. The van der Waals surface area contributed by atoms with E-state index in [1.807, 2.05) is 30.3 Å². The standard InChI is InChI=1S/C19H20FN7/c20-15-8-4-5-9-16(15)23-18-24-17(22-14-6-2-1-3-7-14)25-19(26-18)27-12-10-21-11-13-27/h1-9,21H,10-13H2,(H2,22,23,24,25,26). The number of nitrogens with one attached hydrogen (secondary N) is 3. The van der Waals surface area contributed by atoms with E-state index in [2.05, 4.69) is 35.8 Å². The molecule has 8 heteroatoms. The molecule has 1 fully saturated rings. The van der Waals surface area contributed by atoms with Crippen LogP contribution in [0.5, 0.6) is 0 Å². The zero-order valence-electron chi connectivity index (χ0n) is 14.7. The number of halogens is 1. The van der Waals surface area contributed by atoms with Gasteiger partial charge in [0.25, 0.3) is 0 Å². The van der Waals surface area contributed by atoms with E-state index in [1.165, 1.54) is 6.07 Å². The van der Waals surface area contributed by atoms with Crippen LogP contribution in [-0.4, -0.2) is 41.1 Å². The first kappa shape index (κ1) is 17.2. The molecule has 0 radical (unpaired) electrons. The number of hydrogen-bond acceptors (Lipinski definition) is 7. The highest BCUT2D eigenvalue weighted by atomic mass is 19.1. The van der Waals surface area contributed by atoms with Gasteiger partial charge in [0.05, 0.1) is 5.69 Å². The maximum atomic E-state index is 14.0. The number of piperazine rings is 1. The van der Waals surface area contributed by atoms with Gasteiger partial charge in [-0.25, -0.2) is 4.39 Å². The zero-order valence-corrected chi connectivity index (χ0v) is 14.7. The van der Waals surface area contributed by atoms with E-state index in [0.717, 1.165) is 31.9 Å². The van der Waals surface area contributed by atoms with Crippen molar-refractivity contribution in [3.05, 3.63) is 60.4 Å². The lowest BCUT2D eigenvalue weighted by molar-refractivity contribution is 0.579. The Morgan fingerprint density at radius 2 is 1.48 bits per heavy atom. The van der Waals surface area contributed by atoms with Gasteiger partial charge >= 0.3 is 0 Å². The van der Waals surface area contributed by atoms with E-state index in [0.29, 0.717) is 23.5 Å². The Hall–Kier alpha value is -3.26. The van der Waals surface area contributed by atoms with Crippen LogP contribution >= 0.6 is 0 Å². The number of hydrogen-bond donors (Lipinski definition) is 3. The fourth-order valence-corrected chi connectivity index (χ4v) is 2.82. The van der Waals surface area contributed by atoms with E-state index in [9.17, 15) is 4.39 Å². The minimum Gasteiger partial charge on any atom is -0.338 e. The second-order valence-electron chi connectivity index (χ2n) is 6.12. The molecule has 0 spiro atoms. The molecule has 2 heterocycles. The summed E-state index contributed by atoms with van der Waals surface area (Å²) in [7, 11) is 0. The van der Waals surface area contributed by atoms with Crippen LogP contribution in [-0.2, 0) is 0 Å². The van der Waals surface area contributed by atoms with Crippen LogP contribution in [0.25, 0.3) is 0 Å². The molecular weight excluding hydrogens is 345 g/mol. The minimum atomic E-state index is -0.362. The predicted molar refractivity (Wildman–Crippen MR) is 104 cm³/mol. The van der Waals surface area contributed by atoms with Crippen LogP contribution in [0.3, 0.4) is 0 Å². The number of rotatable bonds is 5. The molecule has 0 aliphatic carbocycles. The van der Waals surface area contributed by atoms with Crippen molar-refractivity contribution in [1.82, 2.24) is 20.3 Å². The fourth-order valence-electron chi connectivity index (χ4n) is 2.82. The molecule has 0 bridgehead atoms. The van der Waals surface area contributed by atoms with Crippen LogP contribution in [0.1, 0.15) is 0 Å². The van der Waals surface area contributed by atoms with Crippen molar-refractivity contribution in [2.24, 2.45) is 0 Å². The zero-order chi connectivity index (χ0) is 18.5. The van der Waals surface area contributed by atoms with Crippen molar-refractivity contribution in [3.63, 3.8) is 0 Å². The largest absolute Gasteiger partial charge is 0.338 e. The number of para-hydroxylation sites is 2. The molecule has 0 atom stereocenters. The molecule has 3 aromatic rings. The van der Waals surface area contributed by atoms with Crippen LogP contribution in [0.4, 0.5) is 33.6 Å². The monoisotopic (exact) mass is 365 g/mol. The van der Waals surface area contributed by atoms with Gasteiger partial charge in [-0.1, -0.05) is 30.3 Å². The first-order valence-corrected chi connectivity index (χ1v) is 8.83. The SMILES string of the molecule is Fc1ccccc1Nc1nc(Nc2ccccc2)nc(N2CCNCC2)n1.